The molecule has 2 aromatic rings. The number of benzene rings is 1. The summed E-state index contributed by atoms with van der Waals surface area (Å²) in [5, 5.41) is 4.50. The molecule has 1 N–H and O–H groups in total. The molecule has 2 atom stereocenters. The fourth-order valence-electron chi connectivity index (χ4n) is 2.93. The van der Waals surface area contributed by atoms with E-state index >= 15 is 0 Å². The molecule has 3 rings (SSSR count). The molecule has 1 aliphatic heterocycles. The van der Waals surface area contributed by atoms with Crippen LogP contribution in [-0.2, 0) is 9.59 Å². The lowest BCUT2D eigenvalue weighted by atomic mass is 9.78. The van der Waals surface area contributed by atoms with E-state index in [9.17, 15) is 9.59 Å². The van der Waals surface area contributed by atoms with E-state index in [0.29, 0.717) is 6.42 Å². The standard InChI is InChI=1S/C17H17NO2S/c1-10-3-5-12(6-4-10)15-13(9-14(19)18-17(15)20)16-11(2)7-8-21-16/h3-8,13,15H,9H2,1-2H3,(H,18,19,20). The SMILES string of the molecule is Cc1ccc(C2C(=O)NC(=O)CC2c2sccc2C)cc1. The van der Waals surface area contributed by atoms with Gasteiger partial charge in [0.15, 0.2) is 0 Å². The van der Waals surface area contributed by atoms with E-state index < -0.39 is 0 Å². The molecule has 0 saturated carbocycles. The molecule has 0 radical (unpaired) electrons. The zero-order valence-corrected chi connectivity index (χ0v) is 12.9. The highest BCUT2D eigenvalue weighted by Gasteiger charge is 2.38. The van der Waals surface area contributed by atoms with E-state index in [0.717, 1.165) is 21.6 Å². The van der Waals surface area contributed by atoms with Crippen LogP contribution in [-0.4, -0.2) is 11.8 Å². The van der Waals surface area contributed by atoms with Gasteiger partial charge in [-0.2, -0.15) is 0 Å². The molecule has 2 unspecified atom stereocenters. The average molecular weight is 299 g/mol. The number of carbonyl (C=O) groups is 2. The summed E-state index contributed by atoms with van der Waals surface area (Å²) in [7, 11) is 0. The van der Waals surface area contributed by atoms with Crippen molar-refractivity contribution in [3.05, 3.63) is 57.3 Å². The predicted molar refractivity (Wildman–Crippen MR) is 83.5 cm³/mol. The quantitative estimate of drug-likeness (QED) is 0.865. The highest BCUT2D eigenvalue weighted by molar-refractivity contribution is 7.10. The van der Waals surface area contributed by atoms with Crippen LogP contribution in [0.4, 0.5) is 0 Å². The number of hydrogen-bond donors (Lipinski definition) is 1. The molecule has 0 aliphatic carbocycles. The molecule has 3 nitrogen and oxygen atoms in total. The Hall–Kier alpha value is -1.94. The number of hydrogen-bond acceptors (Lipinski definition) is 3. The first-order valence-electron chi connectivity index (χ1n) is 7.00. The van der Waals surface area contributed by atoms with Gasteiger partial charge in [0.2, 0.25) is 11.8 Å². The average Bonchev–Trinajstić information content (AvgIpc) is 2.85. The van der Waals surface area contributed by atoms with Crippen molar-refractivity contribution < 1.29 is 9.59 Å². The van der Waals surface area contributed by atoms with Crippen LogP contribution in [0, 0.1) is 13.8 Å². The number of carbonyl (C=O) groups excluding carboxylic acids is 2. The minimum atomic E-state index is -0.291. The summed E-state index contributed by atoms with van der Waals surface area (Å²) in [6.45, 7) is 4.06. The molecule has 1 aromatic heterocycles. The van der Waals surface area contributed by atoms with Crippen LogP contribution >= 0.6 is 11.3 Å². The Kier molecular flexibility index (Phi) is 3.64. The highest BCUT2D eigenvalue weighted by Crippen LogP contribution is 2.41. The van der Waals surface area contributed by atoms with Gasteiger partial charge in [-0.05, 0) is 36.4 Å². The molecule has 1 aromatic carbocycles. The van der Waals surface area contributed by atoms with Crippen LogP contribution in [0.2, 0.25) is 0 Å². The Morgan fingerprint density at radius 3 is 2.43 bits per heavy atom. The molecule has 4 heteroatoms. The van der Waals surface area contributed by atoms with Crippen molar-refractivity contribution in [1.82, 2.24) is 5.32 Å². The van der Waals surface area contributed by atoms with E-state index in [2.05, 4.69) is 5.32 Å². The third-order valence-electron chi connectivity index (χ3n) is 4.03. The summed E-state index contributed by atoms with van der Waals surface area (Å²) in [5.41, 5.74) is 3.29. The van der Waals surface area contributed by atoms with E-state index in [1.54, 1.807) is 11.3 Å². The maximum absolute atomic E-state index is 12.4. The third-order valence-corrected chi connectivity index (χ3v) is 5.18. The Labute approximate surface area is 128 Å². The van der Waals surface area contributed by atoms with Crippen molar-refractivity contribution in [1.29, 1.82) is 0 Å². The first-order valence-corrected chi connectivity index (χ1v) is 7.88. The zero-order chi connectivity index (χ0) is 15.0. The lowest BCUT2D eigenvalue weighted by Crippen LogP contribution is -2.43. The van der Waals surface area contributed by atoms with Gasteiger partial charge in [-0.15, -0.1) is 11.3 Å². The summed E-state index contributed by atoms with van der Waals surface area (Å²) >= 11 is 1.63. The Morgan fingerprint density at radius 1 is 1.10 bits per heavy atom. The number of thiophene rings is 1. The van der Waals surface area contributed by atoms with Crippen LogP contribution in [0.1, 0.15) is 39.8 Å². The van der Waals surface area contributed by atoms with Crippen LogP contribution < -0.4 is 5.32 Å². The molecule has 0 bridgehead atoms. The van der Waals surface area contributed by atoms with E-state index in [-0.39, 0.29) is 23.7 Å². The molecule has 1 aliphatic rings. The monoisotopic (exact) mass is 299 g/mol. The lowest BCUT2D eigenvalue weighted by Gasteiger charge is -2.30. The number of piperidine rings is 1. The van der Waals surface area contributed by atoms with E-state index in [1.165, 1.54) is 0 Å². The van der Waals surface area contributed by atoms with Crippen molar-refractivity contribution >= 4 is 23.2 Å². The minimum absolute atomic E-state index is 0.0612. The van der Waals surface area contributed by atoms with Crippen LogP contribution in [0.3, 0.4) is 0 Å². The largest absolute Gasteiger partial charge is 0.296 e. The molecular weight excluding hydrogens is 282 g/mol. The summed E-state index contributed by atoms with van der Waals surface area (Å²) < 4.78 is 0. The van der Waals surface area contributed by atoms with Crippen LogP contribution in [0.15, 0.2) is 35.7 Å². The van der Waals surface area contributed by atoms with Gasteiger partial charge in [0.25, 0.3) is 0 Å². The first kappa shape index (κ1) is 14.0. The smallest absolute Gasteiger partial charge is 0.234 e. The van der Waals surface area contributed by atoms with Gasteiger partial charge in [-0.3, -0.25) is 14.9 Å². The Morgan fingerprint density at radius 2 is 1.81 bits per heavy atom. The third kappa shape index (κ3) is 2.63. The fourth-order valence-corrected chi connectivity index (χ4v) is 4.00. The lowest BCUT2D eigenvalue weighted by molar-refractivity contribution is -0.135. The second-order valence-electron chi connectivity index (χ2n) is 5.58. The summed E-state index contributed by atoms with van der Waals surface area (Å²) in [5.74, 6) is -0.719. The molecule has 1 fully saturated rings. The van der Waals surface area contributed by atoms with Gasteiger partial charge >= 0.3 is 0 Å². The first-order chi connectivity index (χ1) is 10.1. The minimum Gasteiger partial charge on any atom is -0.296 e. The number of aryl methyl sites for hydroxylation is 2. The van der Waals surface area contributed by atoms with Crippen molar-refractivity contribution in [2.75, 3.05) is 0 Å². The van der Waals surface area contributed by atoms with Crippen molar-refractivity contribution in [2.45, 2.75) is 32.1 Å². The highest BCUT2D eigenvalue weighted by atomic mass is 32.1. The number of nitrogens with one attached hydrogen (secondary N) is 1. The van der Waals surface area contributed by atoms with Crippen molar-refractivity contribution in [3.63, 3.8) is 0 Å². The van der Waals surface area contributed by atoms with Crippen molar-refractivity contribution in [3.8, 4) is 0 Å². The number of rotatable bonds is 2. The Bertz CT molecular complexity index is 687. The summed E-state index contributed by atoms with van der Waals surface area (Å²) in [6.07, 6.45) is 0.367. The van der Waals surface area contributed by atoms with Gasteiger partial charge < -0.3 is 0 Å². The van der Waals surface area contributed by atoms with Crippen LogP contribution in [0.25, 0.3) is 0 Å². The molecule has 21 heavy (non-hydrogen) atoms. The zero-order valence-electron chi connectivity index (χ0n) is 12.1. The Balaban J connectivity index is 2.05. The topological polar surface area (TPSA) is 46.2 Å². The maximum atomic E-state index is 12.4. The van der Waals surface area contributed by atoms with Gasteiger partial charge in [0, 0.05) is 17.2 Å². The number of amides is 2. The summed E-state index contributed by atoms with van der Waals surface area (Å²) in [4.78, 5) is 25.3. The fraction of sp³-hybridized carbons (Fsp3) is 0.294. The molecule has 108 valence electrons. The van der Waals surface area contributed by atoms with Gasteiger partial charge in [-0.1, -0.05) is 29.8 Å². The second kappa shape index (κ2) is 5.45. The molecular formula is C17H17NO2S. The van der Waals surface area contributed by atoms with Crippen LogP contribution in [0.5, 0.6) is 0 Å². The van der Waals surface area contributed by atoms with Crippen molar-refractivity contribution in [2.24, 2.45) is 0 Å². The van der Waals surface area contributed by atoms with Gasteiger partial charge in [0.05, 0.1) is 5.92 Å². The predicted octanol–water partition coefficient (Wildman–Crippen LogP) is 3.28. The van der Waals surface area contributed by atoms with Gasteiger partial charge in [-0.25, -0.2) is 0 Å². The molecule has 1 saturated heterocycles. The maximum Gasteiger partial charge on any atom is 0.234 e. The normalized spacial score (nSPS) is 22.2. The van der Waals surface area contributed by atoms with Gasteiger partial charge in [0.1, 0.15) is 0 Å². The molecule has 2 amide bonds. The van der Waals surface area contributed by atoms with E-state index in [1.807, 2.05) is 49.6 Å². The summed E-state index contributed by atoms with van der Waals surface area (Å²) in [6, 6.07) is 10.1. The van der Waals surface area contributed by atoms with E-state index in [4.69, 9.17) is 0 Å². The second-order valence-corrected chi connectivity index (χ2v) is 6.53. The molecule has 0 spiro atoms. The molecule has 2 heterocycles. The number of imide groups is 1.